The van der Waals surface area contributed by atoms with Gasteiger partial charge in [-0.2, -0.15) is 10.4 Å². The van der Waals surface area contributed by atoms with Crippen molar-refractivity contribution in [3.8, 4) is 6.07 Å². The molecular formula is C13H13FN4. The molecular weight excluding hydrogens is 231 g/mol. The zero-order chi connectivity index (χ0) is 13.1. The molecule has 1 aromatic heterocycles. The van der Waals surface area contributed by atoms with Crippen LogP contribution in [0.2, 0.25) is 0 Å². The van der Waals surface area contributed by atoms with Crippen LogP contribution in [0.25, 0.3) is 0 Å². The van der Waals surface area contributed by atoms with Crippen molar-refractivity contribution in [2.45, 2.75) is 13.5 Å². The highest BCUT2D eigenvalue weighted by atomic mass is 19.1. The number of anilines is 1. The minimum Gasteiger partial charge on any atom is -0.377 e. The average molecular weight is 244 g/mol. The fraction of sp³-hybridized carbons (Fsp3) is 0.231. The summed E-state index contributed by atoms with van der Waals surface area (Å²) >= 11 is 0. The molecule has 5 heteroatoms. The molecule has 0 unspecified atom stereocenters. The molecule has 1 aromatic carbocycles. The third-order valence-corrected chi connectivity index (χ3v) is 2.66. The van der Waals surface area contributed by atoms with Gasteiger partial charge in [-0.15, -0.1) is 0 Å². The number of hydrogen-bond acceptors (Lipinski definition) is 3. The minimum atomic E-state index is -0.423. The average Bonchev–Trinajstić information content (AvgIpc) is 2.66. The molecule has 0 amide bonds. The van der Waals surface area contributed by atoms with Crippen molar-refractivity contribution in [1.29, 1.82) is 5.26 Å². The molecule has 18 heavy (non-hydrogen) atoms. The van der Waals surface area contributed by atoms with Crippen LogP contribution in [-0.4, -0.2) is 9.78 Å². The van der Waals surface area contributed by atoms with Crippen molar-refractivity contribution >= 4 is 5.69 Å². The molecule has 0 aliphatic carbocycles. The molecule has 1 heterocycles. The van der Waals surface area contributed by atoms with Gasteiger partial charge in [0.2, 0.25) is 0 Å². The summed E-state index contributed by atoms with van der Waals surface area (Å²) in [6.07, 6.45) is 0. The van der Waals surface area contributed by atoms with Gasteiger partial charge in [-0.25, -0.2) is 4.39 Å². The van der Waals surface area contributed by atoms with Crippen LogP contribution >= 0.6 is 0 Å². The first-order valence-electron chi connectivity index (χ1n) is 5.53. The summed E-state index contributed by atoms with van der Waals surface area (Å²) in [6, 6.07) is 8.21. The lowest BCUT2D eigenvalue weighted by atomic mass is 10.2. The van der Waals surface area contributed by atoms with E-state index in [1.807, 2.05) is 26.1 Å². The minimum absolute atomic E-state index is 0.314. The monoisotopic (exact) mass is 244 g/mol. The summed E-state index contributed by atoms with van der Waals surface area (Å²) in [5.74, 6) is -0.423. The van der Waals surface area contributed by atoms with Gasteiger partial charge in [0.15, 0.2) is 0 Å². The largest absolute Gasteiger partial charge is 0.377 e. The molecule has 0 bridgehead atoms. The molecule has 4 nitrogen and oxygen atoms in total. The second kappa shape index (κ2) is 4.88. The standard InChI is InChI=1S/C13H13FN4/c1-9-5-11(18(2)17-9)8-16-13-4-3-10(7-15)6-12(13)14/h3-6,16H,8H2,1-2H3. The highest BCUT2D eigenvalue weighted by molar-refractivity contribution is 5.48. The van der Waals surface area contributed by atoms with Gasteiger partial charge in [-0.3, -0.25) is 4.68 Å². The van der Waals surface area contributed by atoms with Crippen LogP contribution in [0.4, 0.5) is 10.1 Å². The topological polar surface area (TPSA) is 53.6 Å². The molecule has 1 N–H and O–H groups in total. The number of nitriles is 1. The fourth-order valence-corrected chi connectivity index (χ4v) is 1.74. The molecule has 92 valence electrons. The molecule has 0 saturated carbocycles. The van der Waals surface area contributed by atoms with Crippen LogP contribution in [0.5, 0.6) is 0 Å². The number of halogens is 1. The molecule has 2 aromatic rings. The van der Waals surface area contributed by atoms with E-state index in [-0.39, 0.29) is 0 Å². The van der Waals surface area contributed by atoms with E-state index in [0.29, 0.717) is 17.8 Å². The number of aromatic nitrogens is 2. The predicted molar refractivity (Wildman–Crippen MR) is 66.4 cm³/mol. The number of benzene rings is 1. The second-order valence-corrected chi connectivity index (χ2v) is 4.06. The Morgan fingerprint density at radius 1 is 1.44 bits per heavy atom. The second-order valence-electron chi connectivity index (χ2n) is 4.06. The molecule has 0 spiro atoms. The van der Waals surface area contributed by atoms with Crippen LogP contribution in [0.3, 0.4) is 0 Å². The summed E-state index contributed by atoms with van der Waals surface area (Å²) in [6.45, 7) is 2.39. The zero-order valence-electron chi connectivity index (χ0n) is 10.2. The highest BCUT2D eigenvalue weighted by Crippen LogP contribution is 2.16. The van der Waals surface area contributed by atoms with Crippen LogP contribution in [0.1, 0.15) is 17.0 Å². The van der Waals surface area contributed by atoms with Crippen molar-refractivity contribution in [1.82, 2.24) is 9.78 Å². The van der Waals surface area contributed by atoms with E-state index in [1.54, 1.807) is 16.8 Å². The lowest BCUT2D eigenvalue weighted by Gasteiger charge is -2.07. The van der Waals surface area contributed by atoms with E-state index in [1.165, 1.54) is 6.07 Å². The van der Waals surface area contributed by atoms with E-state index in [2.05, 4.69) is 10.4 Å². The molecule has 2 rings (SSSR count). The van der Waals surface area contributed by atoms with Crippen molar-refractivity contribution in [2.75, 3.05) is 5.32 Å². The van der Waals surface area contributed by atoms with E-state index < -0.39 is 5.82 Å². The number of hydrogen-bond donors (Lipinski definition) is 1. The maximum absolute atomic E-state index is 13.6. The third-order valence-electron chi connectivity index (χ3n) is 2.66. The summed E-state index contributed by atoms with van der Waals surface area (Å²) in [5.41, 5.74) is 2.59. The van der Waals surface area contributed by atoms with Gasteiger partial charge in [0.1, 0.15) is 5.82 Å². The van der Waals surface area contributed by atoms with Crippen molar-refractivity contribution in [2.24, 2.45) is 7.05 Å². The fourth-order valence-electron chi connectivity index (χ4n) is 1.74. The lowest BCUT2D eigenvalue weighted by molar-refractivity contribution is 0.628. The Balaban J connectivity index is 2.11. The van der Waals surface area contributed by atoms with Gasteiger partial charge in [0.05, 0.1) is 35.3 Å². The Labute approximate surface area is 105 Å². The van der Waals surface area contributed by atoms with Crippen LogP contribution in [-0.2, 0) is 13.6 Å². The highest BCUT2D eigenvalue weighted by Gasteiger charge is 2.05. The quantitative estimate of drug-likeness (QED) is 0.901. The molecule has 0 radical (unpaired) electrons. The van der Waals surface area contributed by atoms with E-state index in [9.17, 15) is 4.39 Å². The molecule has 0 aliphatic heterocycles. The first-order chi connectivity index (χ1) is 8.60. The number of nitrogens with one attached hydrogen (secondary N) is 1. The number of rotatable bonds is 3. The number of nitrogens with zero attached hydrogens (tertiary/aromatic N) is 3. The first kappa shape index (κ1) is 12.1. The van der Waals surface area contributed by atoms with Crippen molar-refractivity contribution in [3.05, 3.63) is 47.0 Å². The Morgan fingerprint density at radius 3 is 2.78 bits per heavy atom. The van der Waals surface area contributed by atoms with Crippen LogP contribution in [0.15, 0.2) is 24.3 Å². The van der Waals surface area contributed by atoms with Crippen LogP contribution in [0, 0.1) is 24.1 Å². The van der Waals surface area contributed by atoms with E-state index in [0.717, 1.165) is 11.4 Å². The SMILES string of the molecule is Cc1cc(CNc2ccc(C#N)cc2F)n(C)n1. The zero-order valence-corrected chi connectivity index (χ0v) is 10.2. The summed E-state index contributed by atoms with van der Waals surface area (Å²) in [4.78, 5) is 0. The van der Waals surface area contributed by atoms with Gasteiger partial charge in [0, 0.05) is 7.05 Å². The normalized spacial score (nSPS) is 10.1. The first-order valence-corrected chi connectivity index (χ1v) is 5.53. The molecule has 0 fully saturated rings. The van der Waals surface area contributed by atoms with E-state index >= 15 is 0 Å². The summed E-state index contributed by atoms with van der Waals surface area (Å²) < 4.78 is 15.4. The third kappa shape index (κ3) is 2.48. The van der Waals surface area contributed by atoms with Gasteiger partial charge in [-0.1, -0.05) is 0 Å². The molecule has 0 atom stereocenters. The van der Waals surface area contributed by atoms with Crippen molar-refractivity contribution in [3.63, 3.8) is 0 Å². The Morgan fingerprint density at radius 2 is 2.22 bits per heavy atom. The van der Waals surface area contributed by atoms with Gasteiger partial charge in [0.25, 0.3) is 0 Å². The van der Waals surface area contributed by atoms with Gasteiger partial charge in [-0.05, 0) is 31.2 Å². The lowest BCUT2D eigenvalue weighted by Crippen LogP contribution is -2.06. The molecule has 0 aliphatic rings. The summed E-state index contributed by atoms with van der Waals surface area (Å²) in [5, 5.41) is 15.9. The van der Waals surface area contributed by atoms with Crippen molar-refractivity contribution < 1.29 is 4.39 Å². The van der Waals surface area contributed by atoms with Gasteiger partial charge >= 0.3 is 0 Å². The number of aryl methyl sites for hydroxylation is 2. The van der Waals surface area contributed by atoms with Gasteiger partial charge < -0.3 is 5.32 Å². The Kier molecular flexibility index (Phi) is 3.28. The maximum atomic E-state index is 13.6. The Bertz CT molecular complexity index is 610. The van der Waals surface area contributed by atoms with Crippen LogP contribution < -0.4 is 5.32 Å². The maximum Gasteiger partial charge on any atom is 0.147 e. The molecule has 0 saturated heterocycles. The Hall–Kier alpha value is -2.35. The smallest absolute Gasteiger partial charge is 0.147 e. The van der Waals surface area contributed by atoms with E-state index in [4.69, 9.17) is 5.26 Å². The summed E-state index contributed by atoms with van der Waals surface area (Å²) in [7, 11) is 1.85. The predicted octanol–water partition coefficient (Wildman–Crippen LogP) is 2.35.